The molecule has 1 nitrogen and oxygen atoms in total. The zero-order valence-corrected chi connectivity index (χ0v) is 9.50. The monoisotopic (exact) mass is 249 g/mol. The van der Waals surface area contributed by atoms with Gasteiger partial charge in [-0.15, -0.1) is 0 Å². The average molecular weight is 250 g/mol. The first-order valence-electron chi connectivity index (χ1n) is 4.94. The predicted octanol–water partition coefficient (Wildman–Crippen LogP) is 3.86. The zero-order chi connectivity index (χ0) is 9.97. The second-order valence-corrected chi connectivity index (χ2v) is 4.80. The number of halogens is 1. The number of hydrogen-bond acceptors (Lipinski definition) is 1. The Hall–Kier alpha value is -0.810. The lowest BCUT2D eigenvalue weighted by Crippen LogP contribution is -1.93. The van der Waals surface area contributed by atoms with Crippen molar-refractivity contribution in [3.05, 3.63) is 34.3 Å². The first-order chi connectivity index (χ1) is 6.79. The third-order valence-electron chi connectivity index (χ3n) is 2.96. The first kappa shape index (κ1) is 9.73. The van der Waals surface area contributed by atoms with Crippen LogP contribution in [0.4, 0.5) is 0 Å². The van der Waals surface area contributed by atoms with Crippen LogP contribution < -0.4 is 0 Å². The minimum Gasteiger partial charge on any atom is -0.198 e. The number of benzene rings is 1. The fourth-order valence-electron chi connectivity index (χ4n) is 2.14. The molecule has 1 aromatic carbocycles. The number of rotatable bonds is 1. The maximum Gasteiger partial charge on any atom is 0.0656 e. The Balaban J connectivity index is 2.10. The van der Waals surface area contributed by atoms with Gasteiger partial charge in [0.25, 0.3) is 0 Å². The van der Waals surface area contributed by atoms with Crippen molar-refractivity contribution in [2.75, 3.05) is 0 Å². The fraction of sp³-hybridized carbons (Fsp3) is 0.417. The van der Waals surface area contributed by atoms with Crippen LogP contribution in [0, 0.1) is 17.2 Å². The molecule has 0 amide bonds. The van der Waals surface area contributed by atoms with Gasteiger partial charge >= 0.3 is 0 Å². The Bertz CT molecular complexity index is 350. The van der Waals surface area contributed by atoms with Gasteiger partial charge in [0.15, 0.2) is 0 Å². The van der Waals surface area contributed by atoms with Crippen LogP contribution in [-0.4, -0.2) is 0 Å². The lowest BCUT2D eigenvalue weighted by atomic mass is 9.97. The van der Waals surface area contributed by atoms with Crippen LogP contribution in [0.1, 0.15) is 30.7 Å². The van der Waals surface area contributed by atoms with E-state index in [0.29, 0.717) is 5.92 Å². The van der Waals surface area contributed by atoms with Gasteiger partial charge in [0, 0.05) is 10.4 Å². The van der Waals surface area contributed by atoms with Gasteiger partial charge in [0.05, 0.1) is 6.07 Å². The van der Waals surface area contributed by atoms with Crippen molar-refractivity contribution < 1.29 is 0 Å². The van der Waals surface area contributed by atoms with Gasteiger partial charge in [-0.05, 0) is 42.9 Å². The number of nitriles is 1. The van der Waals surface area contributed by atoms with Crippen molar-refractivity contribution >= 4 is 15.9 Å². The fourth-order valence-corrected chi connectivity index (χ4v) is 2.40. The minimum atomic E-state index is 0.281. The van der Waals surface area contributed by atoms with E-state index in [9.17, 15) is 0 Å². The van der Waals surface area contributed by atoms with Crippen molar-refractivity contribution in [2.24, 2.45) is 5.92 Å². The molecule has 0 saturated heterocycles. The molecular formula is C12H12BrN. The molecule has 0 radical (unpaired) electrons. The van der Waals surface area contributed by atoms with E-state index in [-0.39, 0.29) is 5.92 Å². The Morgan fingerprint density at radius 2 is 1.93 bits per heavy atom. The van der Waals surface area contributed by atoms with Gasteiger partial charge in [0.1, 0.15) is 0 Å². The van der Waals surface area contributed by atoms with E-state index in [1.165, 1.54) is 12.0 Å². The van der Waals surface area contributed by atoms with Crippen LogP contribution >= 0.6 is 15.9 Å². The molecule has 0 unspecified atom stereocenters. The summed E-state index contributed by atoms with van der Waals surface area (Å²) >= 11 is 3.43. The molecule has 72 valence electrons. The summed E-state index contributed by atoms with van der Waals surface area (Å²) in [6.45, 7) is 0. The van der Waals surface area contributed by atoms with Crippen molar-refractivity contribution in [3.63, 3.8) is 0 Å². The third kappa shape index (κ3) is 1.99. The van der Waals surface area contributed by atoms with E-state index in [0.717, 1.165) is 17.3 Å². The van der Waals surface area contributed by atoms with Crippen LogP contribution in [0.3, 0.4) is 0 Å². The van der Waals surface area contributed by atoms with E-state index < -0.39 is 0 Å². The molecule has 1 fully saturated rings. The first-order valence-corrected chi connectivity index (χ1v) is 5.74. The average Bonchev–Trinajstić information content (AvgIpc) is 2.67. The topological polar surface area (TPSA) is 23.8 Å². The van der Waals surface area contributed by atoms with Crippen molar-refractivity contribution in [1.82, 2.24) is 0 Å². The molecule has 2 rings (SSSR count). The van der Waals surface area contributed by atoms with Gasteiger partial charge in [-0.2, -0.15) is 5.26 Å². The highest BCUT2D eigenvalue weighted by molar-refractivity contribution is 9.10. The van der Waals surface area contributed by atoms with E-state index in [2.05, 4.69) is 46.3 Å². The summed E-state index contributed by atoms with van der Waals surface area (Å²) in [6, 6.07) is 10.8. The van der Waals surface area contributed by atoms with Crippen molar-refractivity contribution in [3.8, 4) is 6.07 Å². The lowest BCUT2D eigenvalue weighted by molar-refractivity contribution is 0.670. The molecule has 1 saturated carbocycles. The molecule has 2 atom stereocenters. The highest BCUT2D eigenvalue weighted by atomic mass is 79.9. The van der Waals surface area contributed by atoms with Crippen molar-refractivity contribution in [1.29, 1.82) is 5.26 Å². The van der Waals surface area contributed by atoms with Gasteiger partial charge in [-0.25, -0.2) is 0 Å². The van der Waals surface area contributed by atoms with Gasteiger partial charge < -0.3 is 0 Å². The van der Waals surface area contributed by atoms with Crippen molar-refractivity contribution in [2.45, 2.75) is 25.2 Å². The van der Waals surface area contributed by atoms with Crippen LogP contribution in [0.25, 0.3) is 0 Å². The van der Waals surface area contributed by atoms with E-state index in [1.807, 2.05) is 0 Å². The molecule has 0 aliphatic heterocycles. The molecule has 1 aliphatic rings. The minimum absolute atomic E-state index is 0.281. The summed E-state index contributed by atoms with van der Waals surface area (Å²) in [4.78, 5) is 0. The molecular weight excluding hydrogens is 238 g/mol. The second-order valence-electron chi connectivity index (χ2n) is 3.89. The van der Waals surface area contributed by atoms with Gasteiger partial charge in [-0.1, -0.05) is 28.1 Å². The smallest absolute Gasteiger partial charge is 0.0656 e. The van der Waals surface area contributed by atoms with Crippen LogP contribution in [0.15, 0.2) is 28.7 Å². The molecule has 0 N–H and O–H groups in total. The molecule has 0 bridgehead atoms. The third-order valence-corrected chi connectivity index (χ3v) is 3.49. The quantitative estimate of drug-likeness (QED) is 0.742. The summed E-state index contributed by atoms with van der Waals surface area (Å²) < 4.78 is 1.12. The van der Waals surface area contributed by atoms with Gasteiger partial charge in [0.2, 0.25) is 0 Å². The lowest BCUT2D eigenvalue weighted by Gasteiger charge is -2.08. The Kier molecular flexibility index (Phi) is 2.88. The largest absolute Gasteiger partial charge is 0.198 e. The van der Waals surface area contributed by atoms with E-state index >= 15 is 0 Å². The molecule has 14 heavy (non-hydrogen) atoms. The maximum atomic E-state index is 8.82. The summed E-state index contributed by atoms with van der Waals surface area (Å²) in [7, 11) is 0. The van der Waals surface area contributed by atoms with Crippen LogP contribution in [0.5, 0.6) is 0 Å². The summed E-state index contributed by atoms with van der Waals surface area (Å²) in [6.07, 6.45) is 3.27. The number of hydrogen-bond donors (Lipinski definition) is 0. The molecule has 0 aromatic heterocycles. The number of nitrogens with zero attached hydrogens (tertiary/aromatic N) is 1. The molecule has 2 heteroatoms. The molecule has 1 aromatic rings. The SMILES string of the molecule is N#C[C@H]1CC[C@@H](c2ccc(Br)cc2)C1. The zero-order valence-electron chi connectivity index (χ0n) is 7.91. The molecule has 1 aliphatic carbocycles. The normalized spacial score (nSPS) is 26.0. The van der Waals surface area contributed by atoms with E-state index in [4.69, 9.17) is 5.26 Å². The highest BCUT2D eigenvalue weighted by Crippen LogP contribution is 2.37. The predicted molar refractivity (Wildman–Crippen MR) is 59.8 cm³/mol. The standard InChI is InChI=1S/C12H12BrN/c13-12-5-3-10(4-6-12)11-2-1-9(7-11)8-14/h3-6,9,11H,1-2,7H2/t9-,11+/m0/s1. The van der Waals surface area contributed by atoms with E-state index in [1.54, 1.807) is 0 Å². The van der Waals surface area contributed by atoms with Crippen LogP contribution in [-0.2, 0) is 0 Å². The Morgan fingerprint density at radius 3 is 2.50 bits per heavy atom. The summed E-state index contributed by atoms with van der Waals surface area (Å²) in [5.74, 6) is 0.886. The Morgan fingerprint density at radius 1 is 1.21 bits per heavy atom. The summed E-state index contributed by atoms with van der Waals surface area (Å²) in [5.41, 5.74) is 1.38. The Labute approximate surface area is 92.9 Å². The molecule has 0 spiro atoms. The second kappa shape index (κ2) is 4.14. The molecule has 0 heterocycles. The highest BCUT2D eigenvalue weighted by Gasteiger charge is 2.25. The summed E-state index contributed by atoms with van der Waals surface area (Å²) in [5, 5.41) is 8.82. The van der Waals surface area contributed by atoms with Gasteiger partial charge in [-0.3, -0.25) is 0 Å². The maximum absolute atomic E-state index is 8.82. The van der Waals surface area contributed by atoms with Crippen LogP contribution in [0.2, 0.25) is 0 Å².